The summed E-state index contributed by atoms with van der Waals surface area (Å²) in [5, 5.41) is 8.58. The molecule has 90 valence electrons. The SMILES string of the molecule is CC1CCC(NS(=O)(=O)CCCO)CC1. The monoisotopic (exact) mass is 235 g/mol. The van der Waals surface area contributed by atoms with E-state index in [2.05, 4.69) is 11.6 Å². The molecule has 0 aromatic heterocycles. The summed E-state index contributed by atoms with van der Waals surface area (Å²) < 4.78 is 25.7. The van der Waals surface area contributed by atoms with Crippen molar-refractivity contribution in [3.63, 3.8) is 0 Å². The lowest BCUT2D eigenvalue weighted by molar-refractivity contribution is 0.294. The largest absolute Gasteiger partial charge is 0.396 e. The Kier molecular flexibility index (Phi) is 5.02. The fourth-order valence-corrected chi connectivity index (χ4v) is 3.32. The quantitative estimate of drug-likeness (QED) is 0.743. The molecule has 0 aromatic carbocycles. The molecule has 0 bridgehead atoms. The predicted molar refractivity (Wildman–Crippen MR) is 60.0 cm³/mol. The molecule has 0 amide bonds. The van der Waals surface area contributed by atoms with Crippen molar-refractivity contribution in [1.82, 2.24) is 4.72 Å². The molecule has 0 aromatic rings. The van der Waals surface area contributed by atoms with Gasteiger partial charge < -0.3 is 5.11 Å². The third-order valence-corrected chi connectivity index (χ3v) is 4.45. The van der Waals surface area contributed by atoms with Crippen LogP contribution in [0.1, 0.15) is 39.0 Å². The second-order valence-electron chi connectivity index (χ2n) is 4.47. The van der Waals surface area contributed by atoms with Crippen LogP contribution in [-0.4, -0.2) is 31.9 Å². The van der Waals surface area contributed by atoms with Gasteiger partial charge >= 0.3 is 0 Å². The second-order valence-corrected chi connectivity index (χ2v) is 6.34. The van der Waals surface area contributed by atoms with Crippen LogP contribution in [0.25, 0.3) is 0 Å². The number of rotatable bonds is 5. The number of hydrogen-bond acceptors (Lipinski definition) is 3. The van der Waals surface area contributed by atoms with Crippen molar-refractivity contribution in [2.45, 2.75) is 45.1 Å². The fourth-order valence-electron chi connectivity index (χ4n) is 1.95. The molecule has 0 radical (unpaired) electrons. The molecule has 0 atom stereocenters. The number of aliphatic hydroxyl groups is 1. The molecular formula is C10H21NO3S. The third kappa shape index (κ3) is 4.95. The van der Waals surface area contributed by atoms with Gasteiger partial charge in [-0.3, -0.25) is 0 Å². The fraction of sp³-hybridized carbons (Fsp3) is 1.00. The van der Waals surface area contributed by atoms with Crippen LogP contribution in [0.15, 0.2) is 0 Å². The van der Waals surface area contributed by atoms with E-state index in [4.69, 9.17) is 5.11 Å². The minimum atomic E-state index is -3.17. The number of aliphatic hydroxyl groups excluding tert-OH is 1. The molecule has 1 aliphatic rings. The highest BCUT2D eigenvalue weighted by Gasteiger charge is 2.22. The molecular weight excluding hydrogens is 214 g/mol. The number of nitrogens with one attached hydrogen (secondary N) is 1. The molecule has 1 saturated carbocycles. The van der Waals surface area contributed by atoms with Gasteiger partial charge in [-0.25, -0.2) is 13.1 Å². The van der Waals surface area contributed by atoms with E-state index >= 15 is 0 Å². The van der Waals surface area contributed by atoms with Gasteiger partial charge in [0.1, 0.15) is 0 Å². The zero-order valence-corrected chi connectivity index (χ0v) is 10.1. The lowest BCUT2D eigenvalue weighted by Gasteiger charge is -2.26. The minimum absolute atomic E-state index is 0.0373. The Hall–Kier alpha value is -0.130. The van der Waals surface area contributed by atoms with Crippen molar-refractivity contribution in [1.29, 1.82) is 0 Å². The van der Waals surface area contributed by atoms with Gasteiger partial charge in [0.05, 0.1) is 5.75 Å². The molecule has 1 aliphatic carbocycles. The summed E-state index contributed by atoms with van der Waals surface area (Å²) in [6.07, 6.45) is 4.41. The zero-order chi connectivity index (χ0) is 11.3. The Balaban J connectivity index is 2.34. The first-order chi connectivity index (χ1) is 7.03. The van der Waals surface area contributed by atoms with E-state index in [1.165, 1.54) is 0 Å². The summed E-state index contributed by atoms with van der Waals surface area (Å²) in [6, 6.07) is 0.116. The summed E-state index contributed by atoms with van der Waals surface area (Å²) in [5.74, 6) is 0.762. The van der Waals surface area contributed by atoms with Crippen molar-refractivity contribution in [3.8, 4) is 0 Å². The van der Waals surface area contributed by atoms with Gasteiger partial charge in [-0.2, -0.15) is 0 Å². The highest BCUT2D eigenvalue weighted by atomic mass is 32.2. The lowest BCUT2D eigenvalue weighted by atomic mass is 9.88. The van der Waals surface area contributed by atoms with Crippen LogP contribution in [-0.2, 0) is 10.0 Å². The van der Waals surface area contributed by atoms with Gasteiger partial charge in [-0.1, -0.05) is 6.92 Å². The maximum Gasteiger partial charge on any atom is 0.211 e. The van der Waals surface area contributed by atoms with Gasteiger partial charge in [0.15, 0.2) is 0 Å². The van der Waals surface area contributed by atoms with E-state index in [1.54, 1.807) is 0 Å². The normalized spacial score (nSPS) is 27.9. The van der Waals surface area contributed by atoms with Crippen LogP contribution >= 0.6 is 0 Å². The second kappa shape index (κ2) is 5.82. The van der Waals surface area contributed by atoms with Crippen LogP contribution in [0.5, 0.6) is 0 Å². The molecule has 0 heterocycles. The maximum atomic E-state index is 11.5. The molecule has 1 rings (SSSR count). The predicted octanol–water partition coefficient (Wildman–Crippen LogP) is 0.867. The van der Waals surface area contributed by atoms with E-state index in [1.807, 2.05) is 0 Å². The number of sulfonamides is 1. The third-order valence-electron chi connectivity index (χ3n) is 2.93. The first kappa shape index (κ1) is 12.9. The average Bonchev–Trinajstić information content (AvgIpc) is 2.18. The highest BCUT2D eigenvalue weighted by molar-refractivity contribution is 7.89. The molecule has 0 spiro atoms. The van der Waals surface area contributed by atoms with E-state index in [0.717, 1.165) is 31.6 Å². The molecule has 1 fully saturated rings. The average molecular weight is 235 g/mol. The molecule has 0 unspecified atom stereocenters. The Morgan fingerprint density at radius 3 is 2.40 bits per heavy atom. The number of hydrogen-bond donors (Lipinski definition) is 2. The first-order valence-corrected chi connectivity index (χ1v) is 7.29. The first-order valence-electron chi connectivity index (χ1n) is 5.64. The highest BCUT2D eigenvalue weighted by Crippen LogP contribution is 2.23. The Bertz CT molecular complexity index is 268. The van der Waals surface area contributed by atoms with Crippen LogP contribution in [0.3, 0.4) is 0 Å². The van der Waals surface area contributed by atoms with Crippen molar-refractivity contribution >= 4 is 10.0 Å². The van der Waals surface area contributed by atoms with Gasteiger partial charge in [-0.15, -0.1) is 0 Å². The molecule has 2 N–H and O–H groups in total. The molecule has 0 saturated heterocycles. The van der Waals surface area contributed by atoms with Crippen molar-refractivity contribution in [2.24, 2.45) is 5.92 Å². The lowest BCUT2D eigenvalue weighted by Crippen LogP contribution is -2.38. The summed E-state index contributed by atoms with van der Waals surface area (Å²) >= 11 is 0. The van der Waals surface area contributed by atoms with Crippen molar-refractivity contribution in [3.05, 3.63) is 0 Å². The standard InChI is InChI=1S/C10H21NO3S/c1-9-3-5-10(6-4-9)11-15(13,14)8-2-7-12/h9-12H,2-8H2,1H3. The van der Waals surface area contributed by atoms with Gasteiger partial charge in [0.25, 0.3) is 0 Å². The Morgan fingerprint density at radius 1 is 1.27 bits per heavy atom. The summed E-state index contributed by atoms with van der Waals surface area (Å²) in [7, 11) is -3.17. The van der Waals surface area contributed by atoms with Gasteiger partial charge in [-0.05, 0) is 38.0 Å². The Morgan fingerprint density at radius 2 is 1.87 bits per heavy atom. The zero-order valence-electron chi connectivity index (χ0n) is 9.28. The van der Waals surface area contributed by atoms with E-state index in [0.29, 0.717) is 6.42 Å². The topological polar surface area (TPSA) is 66.4 Å². The summed E-state index contributed by atoms with van der Waals surface area (Å²) in [4.78, 5) is 0. The van der Waals surface area contributed by atoms with Crippen LogP contribution in [0.2, 0.25) is 0 Å². The van der Waals surface area contributed by atoms with Gasteiger partial charge in [0.2, 0.25) is 10.0 Å². The summed E-state index contributed by atoms with van der Waals surface area (Å²) in [5.41, 5.74) is 0. The summed E-state index contributed by atoms with van der Waals surface area (Å²) in [6.45, 7) is 2.14. The minimum Gasteiger partial charge on any atom is -0.396 e. The van der Waals surface area contributed by atoms with E-state index in [9.17, 15) is 8.42 Å². The maximum absolute atomic E-state index is 11.5. The van der Waals surface area contributed by atoms with E-state index < -0.39 is 10.0 Å². The van der Waals surface area contributed by atoms with Crippen LogP contribution in [0.4, 0.5) is 0 Å². The van der Waals surface area contributed by atoms with E-state index in [-0.39, 0.29) is 18.4 Å². The molecule has 0 aliphatic heterocycles. The van der Waals surface area contributed by atoms with Crippen LogP contribution in [0, 0.1) is 5.92 Å². The van der Waals surface area contributed by atoms with Crippen molar-refractivity contribution in [2.75, 3.05) is 12.4 Å². The molecule has 5 heteroatoms. The molecule has 4 nitrogen and oxygen atoms in total. The van der Waals surface area contributed by atoms with Crippen LogP contribution < -0.4 is 4.72 Å². The van der Waals surface area contributed by atoms with Gasteiger partial charge in [0, 0.05) is 12.6 Å². The van der Waals surface area contributed by atoms with Crippen molar-refractivity contribution < 1.29 is 13.5 Å². The molecule has 15 heavy (non-hydrogen) atoms. The Labute approximate surface area is 92.1 Å². The smallest absolute Gasteiger partial charge is 0.211 e.